The first-order valence-electron chi connectivity index (χ1n) is 11.1. The molecule has 1 N–H and O–H groups in total. The first kappa shape index (κ1) is 22.3. The maximum Gasteiger partial charge on any atom is 0.280 e. The number of halogens is 2. The van der Waals surface area contributed by atoms with E-state index in [2.05, 4.69) is 24.1 Å². The lowest BCUT2D eigenvalue weighted by Crippen LogP contribution is -2.25. The van der Waals surface area contributed by atoms with Crippen LogP contribution in [0.15, 0.2) is 40.3 Å². The van der Waals surface area contributed by atoms with Gasteiger partial charge in [0.2, 0.25) is 0 Å². The first-order chi connectivity index (χ1) is 15.4. The van der Waals surface area contributed by atoms with Crippen molar-refractivity contribution in [2.45, 2.75) is 52.1 Å². The molecule has 8 heteroatoms. The van der Waals surface area contributed by atoms with Crippen molar-refractivity contribution in [1.29, 1.82) is 0 Å². The molecule has 0 bridgehead atoms. The quantitative estimate of drug-likeness (QED) is 0.724. The number of hydrogen-bond acceptors (Lipinski definition) is 5. The van der Waals surface area contributed by atoms with Crippen LogP contribution in [0.4, 0.5) is 14.5 Å². The predicted molar refractivity (Wildman–Crippen MR) is 117 cm³/mol. The van der Waals surface area contributed by atoms with Crippen molar-refractivity contribution in [2.24, 2.45) is 27.7 Å². The monoisotopic (exact) mass is 442 g/mol. The second-order valence-corrected chi connectivity index (χ2v) is 8.83. The Bertz CT molecular complexity index is 1110. The Balaban J connectivity index is 1.54. The Morgan fingerprint density at radius 2 is 1.78 bits per heavy atom. The highest BCUT2D eigenvalue weighted by Crippen LogP contribution is 2.36. The minimum atomic E-state index is -2.75. The molecular weight excluding hydrogens is 414 g/mol. The summed E-state index contributed by atoms with van der Waals surface area (Å²) < 4.78 is 31.3. The maximum absolute atomic E-state index is 12.9. The molecule has 32 heavy (non-hydrogen) atoms. The zero-order chi connectivity index (χ0) is 22.8. The highest BCUT2D eigenvalue weighted by atomic mass is 19.3. The summed E-state index contributed by atoms with van der Waals surface area (Å²) in [6.07, 6.45) is 1.77. The number of benzene rings is 1. The Kier molecular flexibility index (Phi) is 6.48. The molecule has 0 saturated heterocycles. The number of alkyl halides is 2. The van der Waals surface area contributed by atoms with Gasteiger partial charge in [-0.2, -0.15) is 0 Å². The van der Waals surface area contributed by atoms with E-state index in [0.717, 1.165) is 24.1 Å². The maximum atomic E-state index is 12.9. The molecule has 6 nitrogen and oxygen atoms in total. The molecule has 0 radical (unpaired) electrons. The number of ether oxygens (including phenoxy) is 1. The fourth-order valence-electron chi connectivity index (χ4n) is 4.55. The van der Waals surface area contributed by atoms with Gasteiger partial charge in [-0.05, 0) is 55.7 Å². The normalized spacial score (nSPS) is 22.3. The van der Waals surface area contributed by atoms with E-state index >= 15 is 0 Å². The summed E-state index contributed by atoms with van der Waals surface area (Å²) in [4.78, 5) is 26.0. The van der Waals surface area contributed by atoms with E-state index in [-0.39, 0.29) is 11.9 Å². The van der Waals surface area contributed by atoms with Gasteiger partial charge in [-0.25, -0.2) is 13.8 Å². The van der Waals surface area contributed by atoms with Gasteiger partial charge in [-0.3, -0.25) is 14.8 Å². The van der Waals surface area contributed by atoms with Gasteiger partial charge in [0.25, 0.3) is 12.3 Å². The second-order valence-electron chi connectivity index (χ2n) is 8.83. The lowest BCUT2D eigenvalue weighted by atomic mass is 9.76. The van der Waals surface area contributed by atoms with E-state index in [1.807, 2.05) is 0 Å². The van der Waals surface area contributed by atoms with Crippen LogP contribution in [0.3, 0.4) is 0 Å². The molecule has 2 heterocycles. The van der Waals surface area contributed by atoms with Gasteiger partial charge in [0, 0.05) is 12.0 Å². The fraction of sp³-hybridized carbons (Fsp3) is 0.500. The molecule has 1 aliphatic carbocycles. The van der Waals surface area contributed by atoms with Crippen molar-refractivity contribution in [3.05, 3.63) is 52.4 Å². The minimum Gasteiger partial charge on any atom is -0.494 e. The van der Waals surface area contributed by atoms with E-state index < -0.39 is 18.0 Å². The molecule has 1 amide bonds. The van der Waals surface area contributed by atoms with Crippen LogP contribution in [0.5, 0.6) is 5.75 Å². The van der Waals surface area contributed by atoms with Crippen molar-refractivity contribution in [2.75, 3.05) is 12.4 Å². The SMILES string of the molecule is COc1cc2c(cc1NC(=O)c1cccc(C(F)F)n1)=NC(C1CCC(C(C)C)CC1)N=2. The minimum absolute atomic E-state index is 0.0910. The predicted octanol–water partition coefficient (Wildman–Crippen LogP) is 4.32. The third-order valence-corrected chi connectivity index (χ3v) is 6.50. The van der Waals surface area contributed by atoms with Crippen LogP contribution in [0.2, 0.25) is 0 Å². The van der Waals surface area contributed by atoms with Crippen LogP contribution >= 0.6 is 0 Å². The number of amides is 1. The third kappa shape index (κ3) is 4.64. The topological polar surface area (TPSA) is 75.9 Å². The molecule has 1 aliphatic heterocycles. The van der Waals surface area contributed by atoms with Crippen LogP contribution in [0, 0.1) is 17.8 Å². The number of hydrogen-bond donors (Lipinski definition) is 1. The molecule has 4 rings (SSSR count). The molecular formula is C24H28F2N4O2. The van der Waals surface area contributed by atoms with Gasteiger partial charge >= 0.3 is 0 Å². The highest BCUT2D eigenvalue weighted by molar-refractivity contribution is 6.03. The van der Waals surface area contributed by atoms with Gasteiger partial charge in [0.1, 0.15) is 23.3 Å². The average molecular weight is 443 g/mol. The summed E-state index contributed by atoms with van der Waals surface area (Å²) in [5.41, 5.74) is -0.127. The Morgan fingerprint density at radius 3 is 2.41 bits per heavy atom. The van der Waals surface area contributed by atoms with Crippen molar-refractivity contribution in [3.63, 3.8) is 0 Å². The summed E-state index contributed by atoms with van der Waals surface area (Å²) in [6, 6.07) is 7.45. The summed E-state index contributed by atoms with van der Waals surface area (Å²) in [5, 5.41) is 4.16. The van der Waals surface area contributed by atoms with Crippen molar-refractivity contribution in [1.82, 2.24) is 4.98 Å². The van der Waals surface area contributed by atoms with E-state index in [0.29, 0.717) is 28.6 Å². The van der Waals surface area contributed by atoms with Gasteiger partial charge in [-0.15, -0.1) is 0 Å². The van der Waals surface area contributed by atoms with E-state index in [4.69, 9.17) is 14.7 Å². The van der Waals surface area contributed by atoms with Crippen LogP contribution in [0.1, 0.15) is 62.1 Å². The average Bonchev–Trinajstić information content (AvgIpc) is 3.21. The first-order valence-corrected chi connectivity index (χ1v) is 11.1. The number of pyridine rings is 1. The summed E-state index contributed by atoms with van der Waals surface area (Å²) in [6.45, 7) is 4.57. The van der Waals surface area contributed by atoms with Crippen LogP contribution in [-0.2, 0) is 0 Å². The van der Waals surface area contributed by atoms with E-state index in [1.165, 1.54) is 38.2 Å². The number of aromatic nitrogens is 1. The number of carbonyl (C=O) groups excluding carboxylic acids is 1. The number of rotatable bonds is 6. The molecule has 1 unspecified atom stereocenters. The standard InChI is InChI=1S/C24H28F2N4O2/c1-13(2)14-7-9-15(10-8-14)23-28-18-11-20(21(32-3)12-19(18)29-23)30-24(31)17-6-4-5-16(27-17)22(25)26/h4-6,11-15,22-23H,7-10H2,1-3H3,(H,30,31). The van der Waals surface area contributed by atoms with E-state index in [9.17, 15) is 13.6 Å². The zero-order valence-corrected chi connectivity index (χ0v) is 18.5. The van der Waals surface area contributed by atoms with Crippen molar-refractivity contribution >= 4 is 11.6 Å². The Hall–Kier alpha value is -2.90. The van der Waals surface area contributed by atoms with Crippen LogP contribution in [-0.4, -0.2) is 24.2 Å². The fourth-order valence-corrected chi connectivity index (χ4v) is 4.55. The summed E-state index contributed by atoms with van der Waals surface area (Å²) >= 11 is 0. The summed E-state index contributed by atoms with van der Waals surface area (Å²) in [5.74, 6) is 1.74. The molecule has 1 aromatic carbocycles. The lowest BCUT2D eigenvalue weighted by molar-refractivity contribution is 0.101. The second kappa shape index (κ2) is 9.30. The number of nitrogens with one attached hydrogen (secondary N) is 1. The Labute approximate surface area is 185 Å². The molecule has 2 aliphatic rings. The molecule has 1 aromatic heterocycles. The number of carbonyl (C=O) groups is 1. The molecule has 1 saturated carbocycles. The summed E-state index contributed by atoms with van der Waals surface area (Å²) in [7, 11) is 1.50. The van der Waals surface area contributed by atoms with Gasteiger partial charge in [0.05, 0.1) is 23.5 Å². The third-order valence-electron chi connectivity index (χ3n) is 6.50. The largest absolute Gasteiger partial charge is 0.494 e. The molecule has 0 spiro atoms. The number of nitrogens with zero attached hydrogens (tertiary/aromatic N) is 3. The zero-order valence-electron chi connectivity index (χ0n) is 18.5. The van der Waals surface area contributed by atoms with Crippen LogP contribution < -0.4 is 20.8 Å². The Morgan fingerprint density at radius 1 is 1.09 bits per heavy atom. The molecule has 2 aromatic rings. The smallest absolute Gasteiger partial charge is 0.280 e. The molecule has 170 valence electrons. The number of fused-ring (bicyclic) bond motifs is 1. The van der Waals surface area contributed by atoms with Gasteiger partial charge in [-0.1, -0.05) is 19.9 Å². The highest BCUT2D eigenvalue weighted by Gasteiger charge is 2.29. The molecule has 1 fully saturated rings. The van der Waals surface area contributed by atoms with Gasteiger partial charge < -0.3 is 10.1 Å². The molecule has 1 atom stereocenters. The lowest BCUT2D eigenvalue weighted by Gasteiger charge is -2.31. The van der Waals surface area contributed by atoms with Crippen molar-refractivity contribution < 1.29 is 18.3 Å². The van der Waals surface area contributed by atoms with Crippen LogP contribution in [0.25, 0.3) is 0 Å². The van der Waals surface area contributed by atoms with E-state index in [1.54, 1.807) is 12.1 Å². The van der Waals surface area contributed by atoms with Crippen molar-refractivity contribution in [3.8, 4) is 5.75 Å². The number of anilines is 1. The van der Waals surface area contributed by atoms with Gasteiger partial charge in [0.15, 0.2) is 0 Å². The number of methoxy groups -OCH3 is 1.